The molecule has 0 aliphatic carbocycles. The van der Waals surface area contributed by atoms with Crippen molar-refractivity contribution >= 4 is 29.7 Å². The van der Waals surface area contributed by atoms with Gasteiger partial charge in [0.2, 0.25) is 0 Å². The molecular weight excluding hydrogens is 202 g/mol. The Morgan fingerprint density at radius 2 is 1.93 bits per heavy atom. The summed E-state index contributed by atoms with van der Waals surface area (Å²) in [6.07, 6.45) is 2.04. The molecule has 1 aromatic carbocycles. The second-order valence-electron chi connectivity index (χ2n) is 2.82. The molecular formula is C13H19NS. The van der Waals surface area contributed by atoms with Crippen LogP contribution in [0.1, 0.15) is 26.3 Å². The first-order valence-corrected chi connectivity index (χ1v) is 6.22. The smallest absolute Gasteiger partial charge is 0.0708 e. The molecule has 0 aliphatic rings. The minimum Gasteiger partial charge on any atom is -0.264 e. The van der Waals surface area contributed by atoms with Gasteiger partial charge in [-0.05, 0) is 37.6 Å². The van der Waals surface area contributed by atoms with Gasteiger partial charge in [-0.25, -0.2) is 0 Å². The summed E-state index contributed by atoms with van der Waals surface area (Å²) in [4.78, 5) is 5.18. The molecule has 0 radical (unpaired) electrons. The molecule has 2 heteroatoms. The molecule has 0 aromatic heterocycles. The van der Waals surface area contributed by atoms with Crippen molar-refractivity contribution < 1.29 is 0 Å². The topological polar surface area (TPSA) is 12.4 Å². The largest absolute Gasteiger partial charge is 0.264 e. The number of aliphatic imine (C=N–C) groups is 1. The van der Waals surface area contributed by atoms with Crippen LogP contribution in [0.5, 0.6) is 0 Å². The average molecular weight is 221 g/mol. The van der Waals surface area contributed by atoms with Gasteiger partial charge in [-0.15, -0.1) is 11.8 Å². The molecule has 0 saturated heterocycles. The zero-order valence-electron chi connectivity index (χ0n) is 10.0. The van der Waals surface area contributed by atoms with E-state index in [1.54, 1.807) is 11.8 Å². The summed E-state index contributed by atoms with van der Waals surface area (Å²) in [5.41, 5.74) is 3.02. The van der Waals surface area contributed by atoms with Crippen LogP contribution in [0.2, 0.25) is 0 Å². The molecule has 0 amide bonds. The summed E-state index contributed by atoms with van der Waals surface area (Å²) in [6, 6.07) is 6.14. The monoisotopic (exact) mass is 221 g/mol. The van der Waals surface area contributed by atoms with E-state index in [9.17, 15) is 0 Å². The molecule has 15 heavy (non-hydrogen) atoms. The second-order valence-corrected chi connectivity index (χ2v) is 3.70. The van der Waals surface area contributed by atoms with Crippen LogP contribution >= 0.6 is 11.8 Å². The molecule has 0 spiro atoms. The van der Waals surface area contributed by atoms with Gasteiger partial charge in [0.05, 0.1) is 5.69 Å². The first-order chi connectivity index (χ1) is 7.19. The van der Waals surface area contributed by atoms with Gasteiger partial charge in [-0.1, -0.05) is 26.5 Å². The number of allylic oxidation sites excluding steroid dienone is 1. The van der Waals surface area contributed by atoms with Crippen molar-refractivity contribution in [3.05, 3.63) is 30.3 Å². The highest BCUT2D eigenvalue weighted by Gasteiger charge is 2.01. The Labute approximate surface area is 97.3 Å². The molecule has 0 heterocycles. The van der Waals surface area contributed by atoms with Gasteiger partial charge in [-0.2, -0.15) is 0 Å². The lowest BCUT2D eigenvalue weighted by atomic mass is 10.1. The highest BCUT2D eigenvalue weighted by Crippen LogP contribution is 2.29. The number of nitrogens with zero attached hydrogens (tertiary/aromatic N) is 1. The molecule has 0 unspecified atom stereocenters. The maximum atomic E-state index is 3.98. The van der Waals surface area contributed by atoms with Crippen LogP contribution in [0.4, 0.5) is 5.69 Å². The van der Waals surface area contributed by atoms with Crippen molar-refractivity contribution in [2.45, 2.75) is 25.7 Å². The van der Waals surface area contributed by atoms with Crippen LogP contribution in [0.3, 0.4) is 0 Å². The number of hydrogen-bond acceptors (Lipinski definition) is 2. The van der Waals surface area contributed by atoms with Crippen LogP contribution in [0, 0.1) is 0 Å². The fourth-order valence-corrected chi connectivity index (χ4v) is 1.56. The summed E-state index contributed by atoms with van der Waals surface area (Å²) in [6.45, 7) is 13.4. The van der Waals surface area contributed by atoms with Crippen molar-refractivity contribution in [2.24, 2.45) is 4.99 Å². The minimum atomic E-state index is 0.916. The second kappa shape index (κ2) is 7.30. The molecule has 0 fully saturated rings. The highest BCUT2D eigenvalue weighted by atomic mass is 32.2. The summed E-state index contributed by atoms with van der Waals surface area (Å²) >= 11 is 1.70. The Morgan fingerprint density at radius 1 is 1.33 bits per heavy atom. The SMILES string of the molecule is C=Nc1cc(SC)ccc1C(=C)C.CC. The van der Waals surface area contributed by atoms with Crippen LogP contribution in [0.25, 0.3) is 5.57 Å². The van der Waals surface area contributed by atoms with E-state index < -0.39 is 0 Å². The van der Waals surface area contributed by atoms with Crippen LogP contribution in [-0.4, -0.2) is 13.0 Å². The quantitative estimate of drug-likeness (QED) is 0.527. The molecule has 1 nitrogen and oxygen atoms in total. The Bertz CT molecular complexity index is 342. The average Bonchev–Trinajstić information content (AvgIpc) is 2.30. The third kappa shape index (κ3) is 3.92. The summed E-state index contributed by atoms with van der Waals surface area (Å²) in [5, 5.41) is 0. The van der Waals surface area contributed by atoms with Gasteiger partial charge in [-0.3, -0.25) is 4.99 Å². The molecule has 1 aromatic rings. The van der Waals surface area contributed by atoms with Crippen LogP contribution in [-0.2, 0) is 0 Å². The normalized spacial score (nSPS) is 8.80. The maximum absolute atomic E-state index is 3.98. The number of benzene rings is 1. The third-order valence-electron chi connectivity index (χ3n) is 1.84. The standard InChI is InChI=1S/C11H13NS.C2H6/c1-8(2)10-6-5-9(13-4)7-11(10)12-3;1-2/h5-7H,1,3H2,2,4H3;1-2H3. The number of hydrogen-bond donors (Lipinski definition) is 0. The van der Waals surface area contributed by atoms with Crippen molar-refractivity contribution in [3.8, 4) is 0 Å². The lowest BCUT2D eigenvalue weighted by molar-refractivity contribution is 1.39. The fourth-order valence-electron chi connectivity index (χ4n) is 1.13. The lowest BCUT2D eigenvalue weighted by Crippen LogP contribution is -1.80. The van der Waals surface area contributed by atoms with E-state index in [0.29, 0.717) is 0 Å². The summed E-state index contributed by atoms with van der Waals surface area (Å²) in [5.74, 6) is 0. The van der Waals surface area contributed by atoms with E-state index in [0.717, 1.165) is 16.8 Å². The van der Waals surface area contributed by atoms with Gasteiger partial charge in [0.25, 0.3) is 0 Å². The Hall–Kier alpha value is -1.02. The first kappa shape index (κ1) is 14.0. The van der Waals surface area contributed by atoms with E-state index in [4.69, 9.17) is 0 Å². The molecule has 0 saturated carbocycles. The first-order valence-electron chi connectivity index (χ1n) is 4.99. The molecule has 0 aliphatic heterocycles. The molecule has 82 valence electrons. The van der Waals surface area contributed by atoms with E-state index in [1.165, 1.54) is 4.90 Å². The lowest BCUT2D eigenvalue weighted by Gasteiger charge is -2.05. The Kier molecular flexibility index (Phi) is 6.80. The predicted molar refractivity (Wildman–Crippen MR) is 73.5 cm³/mol. The Balaban J connectivity index is 0.000000921. The van der Waals surface area contributed by atoms with Gasteiger partial charge < -0.3 is 0 Å². The van der Waals surface area contributed by atoms with E-state index in [2.05, 4.69) is 24.4 Å². The van der Waals surface area contributed by atoms with Crippen LogP contribution < -0.4 is 0 Å². The zero-order valence-corrected chi connectivity index (χ0v) is 10.8. The predicted octanol–water partition coefficient (Wildman–Crippen LogP) is 4.80. The Morgan fingerprint density at radius 3 is 2.33 bits per heavy atom. The minimum absolute atomic E-state index is 0.916. The van der Waals surface area contributed by atoms with Crippen molar-refractivity contribution in [2.75, 3.05) is 6.26 Å². The van der Waals surface area contributed by atoms with Crippen molar-refractivity contribution in [1.29, 1.82) is 0 Å². The summed E-state index contributed by atoms with van der Waals surface area (Å²) < 4.78 is 0. The highest BCUT2D eigenvalue weighted by molar-refractivity contribution is 7.98. The van der Waals surface area contributed by atoms with Gasteiger partial charge >= 0.3 is 0 Å². The van der Waals surface area contributed by atoms with Crippen molar-refractivity contribution in [1.82, 2.24) is 0 Å². The van der Waals surface area contributed by atoms with Gasteiger partial charge in [0, 0.05) is 10.5 Å². The van der Waals surface area contributed by atoms with E-state index in [1.807, 2.05) is 39.2 Å². The van der Waals surface area contributed by atoms with E-state index in [-0.39, 0.29) is 0 Å². The van der Waals surface area contributed by atoms with E-state index >= 15 is 0 Å². The summed E-state index contributed by atoms with van der Waals surface area (Å²) in [7, 11) is 0. The van der Waals surface area contributed by atoms with Gasteiger partial charge in [0.15, 0.2) is 0 Å². The van der Waals surface area contributed by atoms with Crippen molar-refractivity contribution in [3.63, 3.8) is 0 Å². The molecule has 0 N–H and O–H groups in total. The molecule has 0 atom stereocenters. The van der Waals surface area contributed by atoms with Gasteiger partial charge in [0.1, 0.15) is 0 Å². The number of thioether (sulfide) groups is 1. The molecule has 0 bridgehead atoms. The fraction of sp³-hybridized carbons (Fsp3) is 0.308. The third-order valence-corrected chi connectivity index (χ3v) is 2.56. The van der Waals surface area contributed by atoms with Crippen LogP contribution in [0.15, 0.2) is 34.7 Å². The molecule has 1 rings (SSSR count). The zero-order chi connectivity index (χ0) is 11.8. The maximum Gasteiger partial charge on any atom is 0.0708 e. The number of rotatable bonds is 3.